The van der Waals surface area contributed by atoms with Crippen molar-refractivity contribution in [1.29, 1.82) is 0 Å². The fourth-order valence-electron chi connectivity index (χ4n) is 3.25. The highest BCUT2D eigenvalue weighted by Crippen LogP contribution is 2.25. The minimum Gasteiger partial charge on any atom is -0.497 e. The molecule has 0 spiro atoms. The molecule has 0 saturated carbocycles. The van der Waals surface area contributed by atoms with Crippen LogP contribution in [0.2, 0.25) is 0 Å². The van der Waals surface area contributed by atoms with Crippen LogP contribution in [0.4, 0.5) is 5.69 Å². The van der Waals surface area contributed by atoms with Gasteiger partial charge in [-0.05, 0) is 74.9 Å². The van der Waals surface area contributed by atoms with Gasteiger partial charge in [0.1, 0.15) is 18.0 Å². The first-order chi connectivity index (χ1) is 16.2. The Bertz CT molecular complexity index is 1190. The molecule has 3 aromatic rings. The second kappa shape index (κ2) is 11.1. The summed E-state index contributed by atoms with van der Waals surface area (Å²) in [7, 11) is -2.48. The minimum absolute atomic E-state index is 0.0717. The molecule has 0 atom stereocenters. The fourth-order valence-corrected chi connectivity index (χ4v) is 4.67. The Morgan fingerprint density at radius 1 is 0.912 bits per heavy atom. The van der Waals surface area contributed by atoms with E-state index in [0.717, 1.165) is 21.2 Å². The van der Waals surface area contributed by atoms with Gasteiger partial charge in [-0.3, -0.25) is 9.10 Å². The van der Waals surface area contributed by atoms with Gasteiger partial charge in [-0.15, -0.1) is 0 Å². The maximum Gasteiger partial charge on any atom is 0.264 e. The number of amides is 1. The minimum atomic E-state index is -3.99. The van der Waals surface area contributed by atoms with Gasteiger partial charge < -0.3 is 14.8 Å². The molecule has 0 heterocycles. The summed E-state index contributed by atoms with van der Waals surface area (Å²) in [4.78, 5) is 12.9. The molecular weight excluding hydrogens is 452 g/mol. The molecule has 34 heavy (non-hydrogen) atoms. The number of hydrogen-bond donors (Lipinski definition) is 1. The summed E-state index contributed by atoms with van der Waals surface area (Å²) < 4.78 is 38.8. The van der Waals surface area contributed by atoms with Crippen LogP contribution in [0.5, 0.6) is 11.5 Å². The fraction of sp³-hybridized carbons (Fsp3) is 0.269. The molecule has 180 valence electrons. The van der Waals surface area contributed by atoms with Gasteiger partial charge >= 0.3 is 0 Å². The summed E-state index contributed by atoms with van der Waals surface area (Å²) in [5, 5.41) is 2.81. The van der Waals surface area contributed by atoms with E-state index in [2.05, 4.69) is 5.32 Å². The summed E-state index contributed by atoms with van der Waals surface area (Å²) >= 11 is 0. The lowest BCUT2D eigenvalue weighted by atomic mass is 10.2. The van der Waals surface area contributed by atoms with Crippen LogP contribution in [-0.2, 0) is 21.4 Å². The van der Waals surface area contributed by atoms with Gasteiger partial charge in [-0.2, -0.15) is 0 Å². The maximum absolute atomic E-state index is 13.4. The van der Waals surface area contributed by atoms with Gasteiger partial charge in [0.25, 0.3) is 10.0 Å². The predicted molar refractivity (Wildman–Crippen MR) is 133 cm³/mol. The van der Waals surface area contributed by atoms with Crippen LogP contribution >= 0.6 is 0 Å². The van der Waals surface area contributed by atoms with Crippen LogP contribution in [0.15, 0.2) is 77.7 Å². The van der Waals surface area contributed by atoms with Crippen molar-refractivity contribution in [2.24, 2.45) is 0 Å². The molecule has 0 radical (unpaired) electrons. The summed E-state index contributed by atoms with van der Waals surface area (Å²) in [6, 6.07) is 20.5. The summed E-state index contributed by atoms with van der Waals surface area (Å²) in [6.07, 6.45) is 0.0750. The van der Waals surface area contributed by atoms with E-state index in [4.69, 9.17) is 9.47 Å². The molecule has 0 aliphatic carbocycles. The van der Waals surface area contributed by atoms with Crippen molar-refractivity contribution in [1.82, 2.24) is 5.32 Å². The highest BCUT2D eigenvalue weighted by molar-refractivity contribution is 7.92. The molecule has 0 unspecified atom stereocenters. The number of benzene rings is 3. The predicted octanol–water partition coefficient (Wildman–Crippen LogP) is 4.30. The lowest BCUT2D eigenvalue weighted by Crippen LogP contribution is -2.40. The van der Waals surface area contributed by atoms with Crippen molar-refractivity contribution in [2.75, 3.05) is 18.0 Å². The monoisotopic (exact) mass is 482 g/mol. The molecule has 1 N–H and O–H groups in total. The molecule has 0 bridgehead atoms. The van der Waals surface area contributed by atoms with E-state index in [0.29, 0.717) is 11.4 Å². The first kappa shape index (κ1) is 25.1. The third-order valence-corrected chi connectivity index (χ3v) is 6.83. The van der Waals surface area contributed by atoms with Crippen molar-refractivity contribution >= 4 is 21.6 Å². The van der Waals surface area contributed by atoms with Crippen molar-refractivity contribution in [3.8, 4) is 11.5 Å². The Kier molecular flexibility index (Phi) is 8.17. The normalized spacial score (nSPS) is 11.2. The molecule has 7 nitrogen and oxygen atoms in total. The molecule has 3 aromatic carbocycles. The lowest BCUT2D eigenvalue weighted by Gasteiger charge is -2.24. The number of rotatable bonds is 10. The number of carbonyl (C=O) groups excluding carboxylic acids is 1. The van der Waals surface area contributed by atoms with E-state index in [1.807, 2.05) is 57.2 Å². The number of aryl methyl sites for hydroxylation is 1. The maximum atomic E-state index is 13.4. The van der Waals surface area contributed by atoms with E-state index >= 15 is 0 Å². The quantitative estimate of drug-likeness (QED) is 0.466. The first-order valence-corrected chi connectivity index (χ1v) is 12.4. The zero-order valence-electron chi connectivity index (χ0n) is 19.8. The van der Waals surface area contributed by atoms with Gasteiger partial charge in [0.05, 0.1) is 23.8 Å². The molecule has 0 aromatic heterocycles. The number of nitrogens with one attached hydrogen (secondary N) is 1. The second-order valence-electron chi connectivity index (χ2n) is 8.11. The number of carbonyl (C=O) groups is 1. The molecule has 0 saturated heterocycles. The van der Waals surface area contributed by atoms with Crippen molar-refractivity contribution in [3.05, 3.63) is 83.9 Å². The highest BCUT2D eigenvalue weighted by atomic mass is 32.2. The van der Waals surface area contributed by atoms with E-state index in [-0.39, 0.29) is 24.1 Å². The smallest absolute Gasteiger partial charge is 0.264 e. The molecular formula is C26H30N2O5S. The highest BCUT2D eigenvalue weighted by Gasteiger charge is 2.27. The average molecular weight is 483 g/mol. The number of sulfonamides is 1. The van der Waals surface area contributed by atoms with E-state index in [1.165, 1.54) is 19.2 Å². The van der Waals surface area contributed by atoms with Crippen LogP contribution in [0.25, 0.3) is 0 Å². The Labute approximate surface area is 201 Å². The third kappa shape index (κ3) is 6.51. The van der Waals surface area contributed by atoms with E-state index in [9.17, 15) is 13.2 Å². The van der Waals surface area contributed by atoms with Gasteiger partial charge in [0.2, 0.25) is 5.91 Å². The lowest BCUT2D eigenvalue weighted by molar-refractivity contribution is -0.119. The van der Waals surface area contributed by atoms with Crippen LogP contribution in [0.3, 0.4) is 0 Å². The Morgan fingerprint density at radius 3 is 2.06 bits per heavy atom. The van der Waals surface area contributed by atoms with Gasteiger partial charge in [-0.25, -0.2) is 8.42 Å². The number of nitrogens with zero attached hydrogens (tertiary/aromatic N) is 1. The molecule has 8 heteroatoms. The zero-order chi connectivity index (χ0) is 24.7. The Balaban J connectivity index is 1.77. The van der Waals surface area contributed by atoms with Crippen LogP contribution in [0.1, 0.15) is 25.0 Å². The van der Waals surface area contributed by atoms with Crippen LogP contribution in [0, 0.1) is 6.92 Å². The number of methoxy groups -OCH3 is 1. The van der Waals surface area contributed by atoms with Crippen LogP contribution in [-0.4, -0.2) is 34.1 Å². The molecule has 0 aliphatic rings. The summed E-state index contributed by atoms with van der Waals surface area (Å²) in [5.41, 5.74) is 2.27. The van der Waals surface area contributed by atoms with E-state index < -0.39 is 15.9 Å². The topological polar surface area (TPSA) is 84.9 Å². The molecule has 0 fully saturated rings. The standard InChI is InChI=1S/C26H30N2O5S/c1-19(2)33-24-11-7-21(8-12-24)17-27-26(29)18-28(22-9-5-20(3)6-10-22)34(30,31)25-15-13-23(32-4)14-16-25/h5-16,19H,17-18H2,1-4H3,(H,27,29). The SMILES string of the molecule is COc1ccc(S(=O)(=O)N(CC(=O)NCc2ccc(OC(C)C)cc2)c2ccc(C)cc2)cc1. The van der Waals surface area contributed by atoms with E-state index in [1.54, 1.807) is 24.3 Å². The van der Waals surface area contributed by atoms with Crippen molar-refractivity contribution in [3.63, 3.8) is 0 Å². The number of anilines is 1. The summed E-state index contributed by atoms with van der Waals surface area (Å²) in [6.45, 7) is 5.73. The number of ether oxygens (including phenoxy) is 2. The molecule has 1 amide bonds. The molecule has 3 rings (SSSR count). The second-order valence-corrected chi connectivity index (χ2v) is 9.97. The number of hydrogen-bond acceptors (Lipinski definition) is 5. The van der Waals surface area contributed by atoms with Crippen LogP contribution < -0.4 is 19.1 Å². The Hall–Kier alpha value is -3.52. The summed E-state index contributed by atoms with van der Waals surface area (Å²) in [5.74, 6) is 0.879. The average Bonchev–Trinajstić information content (AvgIpc) is 2.82. The van der Waals surface area contributed by atoms with Gasteiger partial charge in [0.15, 0.2) is 0 Å². The first-order valence-electron chi connectivity index (χ1n) is 10.9. The zero-order valence-corrected chi connectivity index (χ0v) is 20.6. The van der Waals surface area contributed by atoms with Crippen molar-refractivity contribution in [2.45, 2.75) is 38.3 Å². The molecule has 0 aliphatic heterocycles. The largest absolute Gasteiger partial charge is 0.497 e. The Morgan fingerprint density at radius 2 is 1.50 bits per heavy atom. The van der Waals surface area contributed by atoms with Gasteiger partial charge in [-0.1, -0.05) is 29.8 Å². The van der Waals surface area contributed by atoms with Gasteiger partial charge in [0, 0.05) is 6.54 Å². The van der Waals surface area contributed by atoms with Crippen molar-refractivity contribution < 1.29 is 22.7 Å². The third-order valence-electron chi connectivity index (χ3n) is 5.04.